The fourth-order valence-electron chi connectivity index (χ4n) is 4.93. The van der Waals surface area contributed by atoms with Gasteiger partial charge in [0.15, 0.2) is 0 Å². The molecule has 28 heavy (non-hydrogen) atoms. The molecular formula is C21H33N3O4. The summed E-state index contributed by atoms with van der Waals surface area (Å²) in [7, 11) is 1.87. The lowest BCUT2D eigenvalue weighted by molar-refractivity contribution is -0.271. The van der Waals surface area contributed by atoms with Crippen LogP contribution in [0.3, 0.4) is 0 Å². The molecular weight excluding hydrogens is 358 g/mol. The zero-order valence-corrected chi connectivity index (χ0v) is 17.5. The first kappa shape index (κ1) is 19.9. The third-order valence-corrected chi connectivity index (χ3v) is 7.06. The van der Waals surface area contributed by atoms with Gasteiger partial charge in [0.05, 0.1) is 36.3 Å². The Kier molecular flexibility index (Phi) is 4.83. The van der Waals surface area contributed by atoms with E-state index in [1.807, 2.05) is 25.8 Å². The van der Waals surface area contributed by atoms with Crippen molar-refractivity contribution in [3.63, 3.8) is 0 Å². The summed E-state index contributed by atoms with van der Waals surface area (Å²) in [6.45, 7) is 7.95. The molecule has 3 aliphatic rings. The number of ether oxygens (including phenoxy) is 2. The largest absolute Gasteiger partial charge is 0.388 e. The van der Waals surface area contributed by atoms with Crippen LogP contribution in [0.1, 0.15) is 63.4 Å². The first-order valence-corrected chi connectivity index (χ1v) is 10.4. The zero-order valence-electron chi connectivity index (χ0n) is 17.5. The minimum atomic E-state index is -0.843. The van der Waals surface area contributed by atoms with E-state index in [1.54, 1.807) is 17.1 Å². The summed E-state index contributed by atoms with van der Waals surface area (Å²) >= 11 is 0. The Bertz CT molecular complexity index is 732. The number of aromatic nitrogens is 2. The maximum atomic E-state index is 12.7. The van der Waals surface area contributed by atoms with Crippen LogP contribution in [0.25, 0.3) is 0 Å². The molecule has 7 heteroatoms. The van der Waals surface area contributed by atoms with Crippen LogP contribution in [0, 0.1) is 5.41 Å². The molecule has 0 saturated carbocycles. The van der Waals surface area contributed by atoms with E-state index in [0.717, 1.165) is 51.8 Å². The molecule has 1 spiro atoms. The molecule has 1 aromatic heterocycles. The van der Waals surface area contributed by atoms with Crippen LogP contribution >= 0.6 is 0 Å². The van der Waals surface area contributed by atoms with E-state index < -0.39 is 5.60 Å². The van der Waals surface area contributed by atoms with Gasteiger partial charge in [0.25, 0.3) is 5.91 Å². The Morgan fingerprint density at radius 3 is 2.64 bits per heavy atom. The van der Waals surface area contributed by atoms with Crippen LogP contribution in [-0.4, -0.2) is 68.6 Å². The molecule has 1 aromatic rings. The minimum Gasteiger partial charge on any atom is -0.388 e. The van der Waals surface area contributed by atoms with Crippen molar-refractivity contribution in [3.8, 4) is 0 Å². The maximum Gasteiger partial charge on any atom is 0.274 e. The van der Waals surface area contributed by atoms with Crippen molar-refractivity contribution in [2.75, 3.05) is 19.7 Å². The van der Waals surface area contributed by atoms with E-state index in [2.05, 4.69) is 11.9 Å². The second kappa shape index (κ2) is 6.82. The highest BCUT2D eigenvalue weighted by Crippen LogP contribution is 2.49. The molecule has 1 amide bonds. The molecule has 3 fully saturated rings. The van der Waals surface area contributed by atoms with Crippen LogP contribution < -0.4 is 0 Å². The van der Waals surface area contributed by atoms with Crippen molar-refractivity contribution in [3.05, 3.63) is 18.2 Å². The minimum absolute atomic E-state index is 0.00743. The van der Waals surface area contributed by atoms with E-state index in [0.29, 0.717) is 5.69 Å². The fourth-order valence-corrected chi connectivity index (χ4v) is 4.93. The van der Waals surface area contributed by atoms with Crippen LogP contribution in [0.2, 0.25) is 0 Å². The number of nitrogens with zero attached hydrogens (tertiary/aromatic N) is 3. The molecule has 3 atom stereocenters. The van der Waals surface area contributed by atoms with Gasteiger partial charge in [-0.05, 0) is 58.3 Å². The number of carbonyl (C=O) groups is 1. The average Bonchev–Trinajstić information content (AvgIpc) is 3.08. The number of hydrogen-bond donors (Lipinski definition) is 1. The monoisotopic (exact) mass is 391 g/mol. The van der Waals surface area contributed by atoms with Gasteiger partial charge in [0.2, 0.25) is 0 Å². The quantitative estimate of drug-likeness (QED) is 0.836. The normalized spacial score (nSPS) is 33.0. The van der Waals surface area contributed by atoms with Crippen molar-refractivity contribution in [2.24, 2.45) is 12.5 Å². The summed E-state index contributed by atoms with van der Waals surface area (Å²) in [6.07, 6.45) is 7.75. The number of hydrogen-bond acceptors (Lipinski definition) is 5. The van der Waals surface area contributed by atoms with Crippen LogP contribution in [-0.2, 0) is 16.5 Å². The van der Waals surface area contributed by atoms with E-state index in [-0.39, 0.29) is 29.1 Å². The predicted octanol–water partition coefficient (Wildman–Crippen LogP) is 2.14. The van der Waals surface area contributed by atoms with Gasteiger partial charge in [-0.3, -0.25) is 4.79 Å². The van der Waals surface area contributed by atoms with Gasteiger partial charge in [0, 0.05) is 26.3 Å². The maximum absolute atomic E-state index is 12.7. The van der Waals surface area contributed by atoms with Gasteiger partial charge < -0.3 is 24.0 Å². The molecule has 0 aromatic carbocycles. The molecule has 1 N–H and O–H groups in total. The van der Waals surface area contributed by atoms with Gasteiger partial charge in [-0.2, -0.15) is 0 Å². The van der Waals surface area contributed by atoms with Crippen molar-refractivity contribution in [1.82, 2.24) is 14.5 Å². The molecule has 0 unspecified atom stereocenters. The van der Waals surface area contributed by atoms with E-state index in [9.17, 15) is 9.90 Å². The van der Waals surface area contributed by atoms with Crippen molar-refractivity contribution in [2.45, 2.75) is 76.3 Å². The molecule has 3 aliphatic heterocycles. The van der Waals surface area contributed by atoms with Crippen LogP contribution in [0.15, 0.2) is 12.5 Å². The third kappa shape index (κ3) is 3.60. The lowest BCUT2D eigenvalue weighted by Crippen LogP contribution is -2.61. The van der Waals surface area contributed by atoms with E-state index >= 15 is 0 Å². The first-order chi connectivity index (χ1) is 13.1. The van der Waals surface area contributed by atoms with Crippen molar-refractivity contribution in [1.29, 1.82) is 0 Å². The number of likely N-dealkylation sites (tertiary alicyclic amines) is 1. The van der Waals surface area contributed by atoms with E-state index in [4.69, 9.17) is 9.47 Å². The van der Waals surface area contributed by atoms with Gasteiger partial charge in [-0.1, -0.05) is 0 Å². The molecule has 0 bridgehead atoms. The zero-order chi connectivity index (χ0) is 20.2. The first-order valence-electron chi connectivity index (χ1n) is 10.4. The summed E-state index contributed by atoms with van der Waals surface area (Å²) in [6, 6.07) is 0. The van der Waals surface area contributed by atoms with Gasteiger partial charge >= 0.3 is 0 Å². The fraction of sp³-hybridized carbons (Fsp3) is 0.810. The molecule has 4 heterocycles. The number of piperidine rings is 1. The average molecular weight is 392 g/mol. The van der Waals surface area contributed by atoms with E-state index in [1.165, 1.54) is 0 Å². The smallest absolute Gasteiger partial charge is 0.274 e. The highest BCUT2D eigenvalue weighted by Gasteiger charge is 2.53. The SMILES string of the molecule is Cn1cnc(C(=O)N2CCC3(CC2)CO[C@]2(C)CC[C@@H](C(C)(C)O)O[C@H]2C3)c1. The summed E-state index contributed by atoms with van der Waals surface area (Å²) in [5.74, 6) is 0.00743. The Hall–Kier alpha value is -1.44. The summed E-state index contributed by atoms with van der Waals surface area (Å²) in [5.41, 5.74) is -0.556. The number of amides is 1. The number of rotatable bonds is 2. The topological polar surface area (TPSA) is 76.8 Å². The number of imidazole rings is 1. The lowest BCUT2D eigenvalue weighted by Gasteiger charge is -2.56. The summed E-state index contributed by atoms with van der Waals surface area (Å²) in [5, 5.41) is 10.4. The summed E-state index contributed by atoms with van der Waals surface area (Å²) < 4.78 is 14.5. The van der Waals surface area contributed by atoms with Crippen LogP contribution in [0.4, 0.5) is 0 Å². The second-order valence-electron chi connectivity index (χ2n) is 9.83. The molecule has 3 saturated heterocycles. The summed E-state index contributed by atoms with van der Waals surface area (Å²) in [4.78, 5) is 18.8. The Morgan fingerprint density at radius 2 is 2.04 bits per heavy atom. The molecule has 4 rings (SSSR count). The van der Waals surface area contributed by atoms with Crippen molar-refractivity contribution >= 4 is 5.91 Å². The Balaban J connectivity index is 1.41. The second-order valence-corrected chi connectivity index (χ2v) is 9.83. The molecule has 7 nitrogen and oxygen atoms in total. The standard InChI is InChI=1S/C21H33N3O4/c1-19(2,26)16-5-6-20(3)17(28-16)11-21(13-27-20)7-9-24(10-8-21)18(25)15-12-23(4)14-22-15/h12,14,16-17,26H,5-11,13H2,1-4H3/t16-,17-,20+/m0/s1. The third-order valence-electron chi connectivity index (χ3n) is 7.06. The van der Waals surface area contributed by atoms with Gasteiger partial charge in [0.1, 0.15) is 5.69 Å². The number of aliphatic hydroxyl groups is 1. The highest BCUT2D eigenvalue weighted by molar-refractivity contribution is 5.92. The predicted molar refractivity (Wildman–Crippen MR) is 104 cm³/mol. The van der Waals surface area contributed by atoms with Crippen molar-refractivity contribution < 1.29 is 19.4 Å². The number of carbonyl (C=O) groups excluding carboxylic acids is 1. The van der Waals surface area contributed by atoms with Gasteiger partial charge in [-0.25, -0.2) is 4.98 Å². The molecule has 0 radical (unpaired) electrons. The lowest BCUT2D eigenvalue weighted by atomic mass is 9.68. The highest BCUT2D eigenvalue weighted by atomic mass is 16.6. The molecule has 0 aliphatic carbocycles. The number of aryl methyl sites for hydroxylation is 1. The molecule has 156 valence electrons. The number of fused-ring (bicyclic) bond motifs is 1. The van der Waals surface area contributed by atoms with Crippen LogP contribution in [0.5, 0.6) is 0 Å². The Labute approximate surface area is 167 Å². The van der Waals surface area contributed by atoms with Gasteiger partial charge in [-0.15, -0.1) is 0 Å². The Morgan fingerprint density at radius 1 is 1.32 bits per heavy atom.